The first-order chi connectivity index (χ1) is 9.75. The number of piperidine rings is 1. The standard InChI is InChI=1S/C16H19N3O/c1-18-9-4-6-12-14(18)8-10-19-15(12)17-13-7-3-2-5-11(13)16(19)20/h2-3,5,7,12,14H,4,6,8-10H2,1H3/t12-,14-/m1/s1. The van der Waals surface area contributed by atoms with E-state index in [1.54, 1.807) is 0 Å². The van der Waals surface area contributed by atoms with Crippen LogP contribution in [-0.2, 0) is 6.54 Å². The minimum Gasteiger partial charge on any atom is -0.303 e. The molecule has 0 N–H and O–H groups in total. The van der Waals surface area contributed by atoms with Crippen molar-refractivity contribution in [1.82, 2.24) is 14.5 Å². The minimum atomic E-state index is 0.136. The van der Waals surface area contributed by atoms with E-state index in [1.807, 2.05) is 28.8 Å². The second-order valence-electron chi connectivity index (χ2n) is 6.03. The van der Waals surface area contributed by atoms with E-state index in [1.165, 1.54) is 13.0 Å². The summed E-state index contributed by atoms with van der Waals surface area (Å²) in [6.45, 7) is 1.97. The molecule has 4 rings (SSSR count). The second kappa shape index (κ2) is 4.42. The van der Waals surface area contributed by atoms with Gasteiger partial charge in [-0.2, -0.15) is 0 Å². The van der Waals surface area contributed by atoms with Gasteiger partial charge in [0.2, 0.25) is 0 Å². The molecule has 2 aliphatic heterocycles. The van der Waals surface area contributed by atoms with Gasteiger partial charge in [-0.15, -0.1) is 0 Å². The molecule has 1 aromatic carbocycles. The van der Waals surface area contributed by atoms with E-state index in [4.69, 9.17) is 4.98 Å². The Bertz CT molecular complexity index is 721. The highest BCUT2D eigenvalue weighted by molar-refractivity contribution is 5.77. The molecule has 2 aliphatic rings. The van der Waals surface area contributed by atoms with Crippen LogP contribution >= 0.6 is 0 Å². The summed E-state index contributed by atoms with van der Waals surface area (Å²) in [5.41, 5.74) is 0.981. The largest absolute Gasteiger partial charge is 0.303 e. The van der Waals surface area contributed by atoms with Crippen LogP contribution in [0.3, 0.4) is 0 Å². The number of aromatic nitrogens is 2. The number of benzene rings is 1. The third-order valence-electron chi connectivity index (χ3n) is 4.93. The normalized spacial score (nSPS) is 26.2. The molecule has 3 heterocycles. The lowest BCUT2D eigenvalue weighted by Crippen LogP contribution is -2.47. The van der Waals surface area contributed by atoms with Crippen molar-refractivity contribution in [3.63, 3.8) is 0 Å². The molecule has 0 radical (unpaired) electrons. The van der Waals surface area contributed by atoms with Gasteiger partial charge in [0.05, 0.1) is 10.9 Å². The number of nitrogens with zero attached hydrogens (tertiary/aromatic N) is 3. The van der Waals surface area contributed by atoms with Crippen LogP contribution in [0, 0.1) is 0 Å². The van der Waals surface area contributed by atoms with E-state index < -0.39 is 0 Å². The van der Waals surface area contributed by atoms with Crippen molar-refractivity contribution in [2.45, 2.75) is 37.8 Å². The fourth-order valence-corrected chi connectivity index (χ4v) is 3.89. The van der Waals surface area contributed by atoms with Crippen molar-refractivity contribution >= 4 is 10.9 Å². The minimum absolute atomic E-state index is 0.136. The number of hydrogen-bond acceptors (Lipinski definition) is 3. The Morgan fingerprint density at radius 1 is 1.20 bits per heavy atom. The second-order valence-corrected chi connectivity index (χ2v) is 6.03. The molecule has 0 aliphatic carbocycles. The molecule has 20 heavy (non-hydrogen) atoms. The van der Waals surface area contributed by atoms with E-state index in [0.29, 0.717) is 12.0 Å². The Labute approximate surface area is 118 Å². The van der Waals surface area contributed by atoms with Gasteiger partial charge >= 0.3 is 0 Å². The summed E-state index contributed by atoms with van der Waals surface area (Å²) < 4.78 is 1.92. The van der Waals surface area contributed by atoms with Crippen molar-refractivity contribution in [3.05, 3.63) is 40.4 Å². The summed E-state index contributed by atoms with van der Waals surface area (Å²) in [4.78, 5) is 19.9. The molecule has 0 bridgehead atoms. The summed E-state index contributed by atoms with van der Waals surface area (Å²) in [7, 11) is 2.20. The van der Waals surface area contributed by atoms with Crippen molar-refractivity contribution in [2.75, 3.05) is 13.6 Å². The Kier molecular flexibility index (Phi) is 2.67. The molecule has 4 heteroatoms. The maximum absolute atomic E-state index is 12.6. The molecule has 104 valence electrons. The number of rotatable bonds is 0. The lowest BCUT2D eigenvalue weighted by atomic mass is 9.84. The van der Waals surface area contributed by atoms with Crippen molar-refractivity contribution in [1.29, 1.82) is 0 Å². The number of likely N-dealkylation sites (N-methyl/N-ethyl adjacent to an activating group) is 1. The first-order valence-electron chi connectivity index (χ1n) is 7.45. The van der Waals surface area contributed by atoms with Gasteiger partial charge in [-0.25, -0.2) is 4.98 Å². The van der Waals surface area contributed by atoms with Crippen LogP contribution in [0.2, 0.25) is 0 Å². The first kappa shape index (κ1) is 12.1. The highest BCUT2D eigenvalue weighted by atomic mass is 16.1. The van der Waals surface area contributed by atoms with Gasteiger partial charge in [-0.05, 0) is 45.0 Å². The number of fused-ring (bicyclic) bond motifs is 4. The van der Waals surface area contributed by atoms with Crippen LogP contribution in [0.15, 0.2) is 29.1 Å². The fraction of sp³-hybridized carbons (Fsp3) is 0.500. The summed E-state index contributed by atoms with van der Waals surface area (Å²) in [6, 6.07) is 8.26. The highest BCUT2D eigenvalue weighted by Gasteiger charge is 2.36. The zero-order chi connectivity index (χ0) is 13.7. The maximum atomic E-state index is 12.6. The Balaban J connectivity index is 1.94. The SMILES string of the molecule is CN1CCC[C@H]2c3nc4ccccc4c(=O)n3CC[C@H]21. The molecular weight excluding hydrogens is 250 g/mol. The van der Waals surface area contributed by atoms with Crippen LogP contribution in [0.4, 0.5) is 0 Å². The summed E-state index contributed by atoms with van der Waals surface area (Å²) in [5, 5.41) is 0.749. The Morgan fingerprint density at radius 3 is 2.95 bits per heavy atom. The molecule has 2 aromatic rings. The van der Waals surface area contributed by atoms with E-state index in [2.05, 4.69) is 11.9 Å². The third kappa shape index (κ3) is 1.64. The van der Waals surface area contributed by atoms with Crippen LogP contribution < -0.4 is 5.56 Å². The van der Waals surface area contributed by atoms with Gasteiger partial charge in [-0.1, -0.05) is 12.1 Å². The van der Waals surface area contributed by atoms with E-state index in [0.717, 1.165) is 36.1 Å². The third-order valence-corrected chi connectivity index (χ3v) is 4.93. The monoisotopic (exact) mass is 269 g/mol. The zero-order valence-corrected chi connectivity index (χ0v) is 11.7. The zero-order valence-electron chi connectivity index (χ0n) is 11.7. The van der Waals surface area contributed by atoms with E-state index in [9.17, 15) is 4.79 Å². The Hall–Kier alpha value is -1.68. The summed E-state index contributed by atoms with van der Waals surface area (Å²) >= 11 is 0. The van der Waals surface area contributed by atoms with Crippen LogP contribution in [0.1, 0.15) is 31.0 Å². The van der Waals surface area contributed by atoms with Gasteiger partial charge in [0.15, 0.2) is 0 Å². The molecule has 4 nitrogen and oxygen atoms in total. The van der Waals surface area contributed by atoms with Crippen molar-refractivity contribution < 1.29 is 0 Å². The predicted octanol–water partition coefficient (Wildman–Crippen LogP) is 1.98. The topological polar surface area (TPSA) is 38.1 Å². The van der Waals surface area contributed by atoms with Gasteiger partial charge in [0, 0.05) is 18.5 Å². The first-order valence-corrected chi connectivity index (χ1v) is 7.45. The number of para-hydroxylation sites is 1. The highest BCUT2D eigenvalue weighted by Crippen LogP contribution is 2.36. The quantitative estimate of drug-likeness (QED) is 0.734. The smallest absolute Gasteiger partial charge is 0.261 e. The predicted molar refractivity (Wildman–Crippen MR) is 79.0 cm³/mol. The molecule has 0 amide bonds. The molecular formula is C16H19N3O. The molecule has 2 atom stereocenters. The van der Waals surface area contributed by atoms with Crippen LogP contribution in [0.25, 0.3) is 10.9 Å². The molecule has 1 saturated heterocycles. The number of hydrogen-bond donors (Lipinski definition) is 0. The average molecular weight is 269 g/mol. The van der Waals surface area contributed by atoms with Crippen molar-refractivity contribution in [2.24, 2.45) is 0 Å². The van der Waals surface area contributed by atoms with Crippen molar-refractivity contribution in [3.8, 4) is 0 Å². The number of likely N-dealkylation sites (tertiary alicyclic amines) is 1. The molecule has 0 spiro atoms. The van der Waals surface area contributed by atoms with Gasteiger partial charge < -0.3 is 4.90 Å². The molecule has 1 aromatic heterocycles. The molecule has 0 saturated carbocycles. The average Bonchev–Trinajstić information content (AvgIpc) is 2.48. The fourth-order valence-electron chi connectivity index (χ4n) is 3.89. The lowest BCUT2D eigenvalue weighted by Gasteiger charge is -2.42. The molecule has 1 fully saturated rings. The van der Waals surface area contributed by atoms with Gasteiger partial charge in [0.1, 0.15) is 5.82 Å². The maximum Gasteiger partial charge on any atom is 0.261 e. The summed E-state index contributed by atoms with van der Waals surface area (Å²) in [6.07, 6.45) is 3.41. The van der Waals surface area contributed by atoms with Gasteiger partial charge in [0.25, 0.3) is 5.56 Å². The summed E-state index contributed by atoms with van der Waals surface area (Å²) in [5.74, 6) is 1.43. The van der Waals surface area contributed by atoms with E-state index >= 15 is 0 Å². The van der Waals surface area contributed by atoms with Gasteiger partial charge in [-0.3, -0.25) is 9.36 Å². The van der Waals surface area contributed by atoms with Crippen LogP contribution in [0.5, 0.6) is 0 Å². The van der Waals surface area contributed by atoms with E-state index in [-0.39, 0.29) is 5.56 Å². The molecule has 0 unspecified atom stereocenters. The lowest BCUT2D eigenvalue weighted by molar-refractivity contribution is 0.123. The van der Waals surface area contributed by atoms with Crippen LogP contribution in [-0.4, -0.2) is 34.1 Å². The Morgan fingerprint density at radius 2 is 2.05 bits per heavy atom.